The van der Waals surface area contributed by atoms with E-state index in [2.05, 4.69) is 5.32 Å². The van der Waals surface area contributed by atoms with Crippen molar-refractivity contribution in [1.29, 1.82) is 0 Å². The summed E-state index contributed by atoms with van der Waals surface area (Å²) in [7, 11) is -3.47. The summed E-state index contributed by atoms with van der Waals surface area (Å²) in [5.74, 6) is -0.959. The van der Waals surface area contributed by atoms with Crippen LogP contribution in [-0.4, -0.2) is 50.6 Å². The standard InChI is InChI=1S/C9H21N3O3S/c1-3-12(4-2)16(14,15)8-9(13)11-7-5-6-10/h3-8,10H2,1-2H3,(H,11,13). The van der Waals surface area contributed by atoms with Crippen LogP contribution in [0.4, 0.5) is 0 Å². The Labute approximate surface area is 97.2 Å². The minimum absolute atomic E-state index is 0.384. The number of amides is 1. The van der Waals surface area contributed by atoms with E-state index in [1.807, 2.05) is 0 Å². The molecular formula is C9H21N3O3S. The third-order valence-electron chi connectivity index (χ3n) is 2.12. The molecule has 0 aromatic carbocycles. The predicted molar refractivity (Wildman–Crippen MR) is 63.4 cm³/mol. The van der Waals surface area contributed by atoms with Crippen LogP contribution in [-0.2, 0) is 14.8 Å². The molecule has 3 N–H and O–H groups in total. The molecule has 0 spiro atoms. The molecule has 0 saturated carbocycles. The SMILES string of the molecule is CCN(CC)S(=O)(=O)CC(=O)NCCCN. The van der Waals surface area contributed by atoms with Crippen LogP contribution in [0.25, 0.3) is 0 Å². The lowest BCUT2D eigenvalue weighted by molar-refractivity contribution is -0.118. The van der Waals surface area contributed by atoms with Gasteiger partial charge in [0.2, 0.25) is 15.9 Å². The van der Waals surface area contributed by atoms with Gasteiger partial charge in [-0.15, -0.1) is 0 Å². The highest BCUT2D eigenvalue weighted by Gasteiger charge is 2.22. The number of carbonyl (C=O) groups excluding carboxylic acids is 1. The van der Waals surface area contributed by atoms with Crippen molar-refractivity contribution in [3.63, 3.8) is 0 Å². The zero-order valence-corrected chi connectivity index (χ0v) is 10.7. The Morgan fingerprint density at radius 1 is 1.31 bits per heavy atom. The number of nitrogens with one attached hydrogen (secondary N) is 1. The Kier molecular flexibility index (Phi) is 7.27. The zero-order valence-electron chi connectivity index (χ0n) is 9.90. The Hall–Kier alpha value is -0.660. The first-order valence-corrected chi connectivity index (χ1v) is 7.03. The van der Waals surface area contributed by atoms with E-state index in [9.17, 15) is 13.2 Å². The third kappa shape index (κ3) is 5.43. The largest absolute Gasteiger partial charge is 0.355 e. The second-order valence-corrected chi connectivity index (χ2v) is 5.30. The van der Waals surface area contributed by atoms with Crippen molar-refractivity contribution in [2.24, 2.45) is 5.73 Å². The molecule has 1 amide bonds. The van der Waals surface area contributed by atoms with E-state index < -0.39 is 21.7 Å². The number of rotatable bonds is 8. The van der Waals surface area contributed by atoms with E-state index in [1.54, 1.807) is 13.8 Å². The highest BCUT2D eigenvalue weighted by atomic mass is 32.2. The fourth-order valence-corrected chi connectivity index (χ4v) is 2.66. The van der Waals surface area contributed by atoms with Crippen molar-refractivity contribution in [2.45, 2.75) is 20.3 Å². The average molecular weight is 251 g/mol. The molecule has 96 valence electrons. The van der Waals surface area contributed by atoms with Crippen LogP contribution in [0.15, 0.2) is 0 Å². The highest BCUT2D eigenvalue weighted by Crippen LogP contribution is 2.00. The number of hydrogen-bond donors (Lipinski definition) is 2. The smallest absolute Gasteiger partial charge is 0.236 e. The molecule has 0 heterocycles. The van der Waals surface area contributed by atoms with Gasteiger partial charge >= 0.3 is 0 Å². The van der Waals surface area contributed by atoms with Crippen molar-refractivity contribution in [3.05, 3.63) is 0 Å². The molecule has 6 nitrogen and oxygen atoms in total. The number of carbonyl (C=O) groups is 1. The van der Waals surface area contributed by atoms with Gasteiger partial charge in [-0.25, -0.2) is 12.7 Å². The fourth-order valence-electron chi connectivity index (χ4n) is 1.25. The molecule has 0 aromatic heterocycles. The van der Waals surface area contributed by atoms with Crippen molar-refractivity contribution in [3.8, 4) is 0 Å². The highest BCUT2D eigenvalue weighted by molar-refractivity contribution is 7.89. The number of nitrogens with zero attached hydrogens (tertiary/aromatic N) is 1. The van der Waals surface area contributed by atoms with Crippen LogP contribution < -0.4 is 11.1 Å². The summed E-state index contributed by atoms with van der Waals surface area (Å²) in [6.07, 6.45) is 0.650. The van der Waals surface area contributed by atoms with E-state index in [1.165, 1.54) is 4.31 Å². The van der Waals surface area contributed by atoms with E-state index in [0.29, 0.717) is 32.6 Å². The van der Waals surface area contributed by atoms with Gasteiger partial charge in [0.15, 0.2) is 0 Å². The molecule has 0 fully saturated rings. The van der Waals surface area contributed by atoms with Gasteiger partial charge in [-0.2, -0.15) is 0 Å². The lowest BCUT2D eigenvalue weighted by Crippen LogP contribution is -2.39. The Balaban J connectivity index is 4.20. The maximum atomic E-state index is 11.7. The lowest BCUT2D eigenvalue weighted by atomic mass is 10.4. The van der Waals surface area contributed by atoms with E-state index in [-0.39, 0.29) is 0 Å². The number of hydrogen-bond acceptors (Lipinski definition) is 4. The quantitative estimate of drug-likeness (QED) is 0.548. The van der Waals surface area contributed by atoms with Gasteiger partial charge in [0, 0.05) is 19.6 Å². The zero-order chi connectivity index (χ0) is 12.6. The van der Waals surface area contributed by atoms with Gasteiger partial charge < -0.3 is 11.1 Å². The van der Waals surface area contributed by atoms with Gasteiger partial charge in [0.05, 0.1) is 0 Å². The maximum Gasteiger partial charge on any atom is 0.236 e. The summed E-state index contributed by atoms with van der Waals surface area (Å²) >= 11 is 0. The monoisotopic (exact) mass is 251 g/mol. The minimum Gasteiger partial charge on any atom is -0.355 e. The molecule has 0 rings (SSSR count). The second-order valence-electron chi connectivity index (χ2n) is 3.33. The second kappa shape index (κ2) is 7.59. The van der Waals surface area contributed by atoms with Crippen LogP contribution in [0, 0.1) is 0 Å². The first kappa shape index (κ1) is 15.3. The van der Waals surface area contributed by atoms with Crippen molar-refractivity contribution < 1.29 is 13.2 Å². The molecule has 0 radical (unpaired) electrons. The fraction of sp³-hybridized carbons (Fsp3) is 0.889. The van der Waals surface area contributed by atoms with Gasteiger partial charge in [0.1, 0.15) is 5.75 Å². The predicted octanol–water partition coefficient (Wildman–Crippen LogP) is -0.877. The summed E-state index contributed by atoms with van der Waals surface area (Å²) < 4.78 is 24.6. The molecule has 16 heavy (non-hydrogen) atoms. The van der Waals surface area contributed by atoms with Gasteiger partial charge in [-0.3, -0.25) is 4.79 Å². The van der Waals surface area contributed by atoms with Crippen LogP contribution in [0.1, 0.15) is 20.3 Å². The molecular weight excluding hydrogens is 230 g/mol. The maximum absolute atomic E-state index is 11.7. The van der Waals surface area contributed by atoms with Crippen molar-refractivity contribution in [1.82, 2.24) is 9.62 Å². The summed E-state index contributed by atoms with van der Waals surface area (Å²) in [5.41, 5.74) is 5.26. The van der Waals surface area contributed by atoms with E-state index in [4.69, 9.17) is 5.73 Å². The third-order valence-corrected chi connectivity index (χ3v) is 4.05. The van der Waals surface area contributed by atoms with E-state index in [0.717, 1.165) is 0 Å². The average Bonchev–Trinajstić information content (AvgIpc) is 2.18. The van der Waals surface area contributed by atoms with Crippen LogP contribution in [0.3, 0.4) is 0 Å². The summed E-state index contributed by atoms with van der Waals surface area (Å²) in [5, 5.41) is 2.52. The van der Waals surface area contributed by atoms with Gasteiger partial charge in [-0.1, -0.05) is 13.8 Å². The Morgan fingerprint density at radius 3 is 2.31 bits per heavy atom. The lowest BCUT2D eigenvalue weighted by Gasteiger charge is -2.17. The summed E-state index contributed by atoms with van der Waals surface area (Å²) in [4.78, 5) is 11.3. The first-order chi connectivity index (χ1) is 7.47. The van der Waals surface area contributed by atoms with Crippen LogP contribution in [0.5, 0.6) is 0 Å². The van der Waals surface area contributed by atoms with Gasteiger partial charge in [0.25, 0.3) is 0 Å². The molecule has 0 bridgehead atoms. The van der Waals surface area contributed by atoms with Crippen molar-refractivity contribution >= 4 is 15.9 Å². The molecule has 0 saturated heterocycles. The van der Waals surface area contributed by atoms with Crippen LogP contribution in [0.2, 0.25) is 0 Å². The number of sulfonamides is 1. The Morgan fingerprint density at radius 2 is 1.88 bits per heavy atom. The molecule has 0 unspecified atom stereocenters. The molecule has 0 aromatic rings. The minimum atomic E-state index is -3.47. The Bertz CT molecular complexity index is 299. The molecule has 0 aliphatic carbocycles. The normalized spacial score (nSPS) is 11.8. The van der Waals surface area contributed by atoms with E-state index >= 15 is 0 Å². The number of nitrogens with two attached hydrogens (primary N) is 1. The summed E-state index contributed by atoms with van der Waals surface area (Å²) in [6.45, 7) is 5.15. The molecule has 7 heteroatoms. The summed E-state index contributed by atoms with van der Waals surface area (Å²) in [6, 6.07) is 0. The first-order valence-electron chi connectivity index (χ1n) is 5.42. The molecule has 0 atom stereocenters. The van der Waals surface area contributed by atoms with Crippen molar-refractivity contribution in [2.75, 3.05) is 31.9 Å². The van der Waals surface area contributed by atoms with Gasteiger partial charge in [-0.05, 0) is 13.0 Å². The molecule has 0 aliphatic heterocycles. The van der Waals surface area contributed by atoms with Crippen LogP contribution >= 0.6 is 0 Å². The molecule has 0 aliphatic rings. The topological polar surface area (TPSA) is 92.5 Å².